The summed E-state index contributed by atoms with van der Waals surface area (Å²) in [6.45, 7) is 4.68. The first-order valence-electron chi connectivity index (χ1n) is 7.20. The Morgan fingerprint density at radius 1 is 1.13 bits per heavy atom. The normalized spacial score (nSPS) is 32.4. The SMILES string of the molecule is CCCCC(CCC)[C]1CC2CCC1C2. The molecule has 0 nitrogen and oxygen atoms in total. The highest BCUT2D eigenvalue weighted by Crippen LogP contribution is 2.54. The molecule has 0 aliphatic heterocycles. The molecule has 2 rings (SSSR count). The van der Waals surface area contributed by atoms with Crippen LogP contribution in [0.25, 0.3) is 0 Å². The van der Waals surface area contributed by atoms with E-state index in [9.17, 15) is 0 Å². The van der Waals surface area contributed by atoms with Crippen molar-refractivity contribution in [3.05, 3.63) is 5.92 Å². The molecule has 2 saturated carbocycles. The van der Waals surface area contributed by atoms with Crippen molar-refractivity contribution in [2.45, 2.75) is 71.6 Å². The van der Waals surface area contributed by atoms with Crippen LogP contribution in [-0.2, 0) is 0 Å². The van der Waals surface area contributed by atoms with Crippen LogP contribution in [-0.4, -0.2) is 0 Å². The first-order chi connectivity index (χ1) is 7.35. The lowest BCUT2D eigenvalue weighted by atomic mass is 9.75. The number of rotatable bonds is 6. The monoisotopic (exact) mass is 207 g/mol. The summed E-state index contributed by atoms with van der Waals surface area (Å²) in [6, 6.07) is 0. The minimum atomic E-state index is 1.00. The molecule has 0 spiro atoms. The van der Waals surface area contributed by atoms with E-state index in [0.29, 0.717) is 0 Å². The molecule has 2 aliphatic carbocycles. The molecule has 1 radical (unpaired) electrons. The first kappa shape index (κ1) is 11.5. The summed E-state index contributed by atoms with van der Waals surface area (Å²) in [7, 11) is 0. The molecule has 87 valence electrons. The number of hydrogen-bond acceptors (Lipinski definition) is 0. The van der Waals surface area contributed by atoms with E-state index in [4.69, 9.17) is 0 Å². The van der Waals surface area contributed by atoms with Crippen molar-refractivity contribution < 1.29 is 0 Å². The second-order valence-electron chi connectivity index (χ2n) is 5.78. The van der Waals surface area contributed by atoms with E-state index < -0.39 is 0 Å². The quantitative estimate of drug-likeness (QED) is 0.576. The molecule has 3 atom stereocenters. The molecule has 0 heteroatoms. The predicted octanol–water partition coefficient (Wildman–Crippen LogP) is 4.99. The van der Waals surface area contributed by atoms with Gasteiger partial charge in [-0.05, 0) is 49.4 Å². The molecule has 0 aromatic rings. The molecular weight excluding hydrogens is 180 g/mol. The van der Waals surface area contributed by atoms with Gasteiger partial charge in [-0.2, -0.15) is 0 Å². The summed E-state index contributed by atoms with van der Waals surface area (Å²) in [6.07, 6.45) is 13.3. The summed E-state index contributed by atoms with van der Waals surface area (Å²) >= 11 is 0. The maximum absolute atomic E-state index is 2.35. The molecule has 0 N–H and O–H groups in total. The maximum atomic E-state index is 2.35. The summed E-state index contributed by atoms with van der Waals surface area (Å²) < 4.78 is 0. The second kappa shape index (κ2) is 5.37. The number of hydrogen-bond donors (Lipinski definition) is 0. The maximum Gasteiger partial charge on any atom is -0.0176 e. The molecule has 0 aromatic carbocycles. The molecule has 3 unspecified atom stereocenters. The van der Waals surface area contributed by atoms with Gasteiger partial charge in [-0.25, -0.2) is 0 Å². The molecule has 2 fully saturated rings. The fourth-order valence-corrected chi connectivity index (χ4v) is 3.91. The molecule has 2 aliphatic rings. The van der Waals surface area contributed by atoms with Crippen LogP contribution in [0.2, 0.25) is 0 Å². The summed E-state index contributed by atoms with van der Waals surface area (Å²) in [4.78, 5) is 0. The van der Waals surface area contributed by atoms with Crippen molar-refractivity contribution >= 4 is 0 Å². The minimum Gasteiger partial charge on any atom is -0.0654 e. The van der Waals surface area contributed by atoms with Gasteiger partial charge in [0.2, 0.25) is 0 Å². The van der Waals surface area contributed by atoms with E-state index >= 15 is 0 Å². The lowest BCUT2D eigenvalue weighted by molar-refractivity contribution is 0.355. The highest BCUT2D eigenvalue weighted by Gasteiger charge is 2.42. The molecular formula is C15H27. The Morgan fingerprint density at radius 3 is 2.53 bits per heavy atom. The van der Waals surface area contributed by atoms with E-state index in [0.717, 1.165) is 17.8 Å². The Labute approximate surface area is 95.8 Å². The third-order valence-corrected chi connectivity index (χ3v) is 4.66. The van der Waals surface area contributed by atoms with Gasteiger partial charge in [0.1, 0.15) is 0 Å². The topological polar surface area (TPSA) is 0 Å². The molecule has 0 saturated heterocycles. The lowest BCUT2D eigenvalue weighted by Gasteiger charge is -2.30. The molecule has 0 amide bonds. The van der Waals surface area contributed by atoms with Crippen LogP contribution in [0.1, 0.15) is 71.6 Å². The predicted molar refractivity (Wildman–Crippen MR) is 66.6 cm³/mol. The van der Waals surface area contributed by atoms with Crippen LogP contribution in [0.15, 0.2) is 0 Å². The number of fused-ring (bicyclic) bond motifs is 2. The van der Waals surface area contributed by atoms with Crippen LogP contribution in [0.3, 0.4) is 0 Å². The Kier molecular flexibility index (Phi) is 4.11. The van der Waals surface area contributed by atoms with Crippen LogP contribution < -0.4 is 0 Å². The smallest absolute Gasteiger partial charge is 0.0176 e. The van der Waals surface area contributed by atoms with Crippen LogP contribution in [0.4, 0.5) is 0 Å². The fraction of sp³-hybridized carbons (Fsp3) is 0.933. The van der Waals surface area contributed by atoms with Gasteiger partial charge in [-0.3, -0.25) is 0 Å². The van der Waals surface area contributed by atoms with Crippen LogP contribution in [0.5, 0.6) is 0 Å². The highest BCUT2D eigenvalue weighted by atomic mass is 14.5. The third kappa shape index (κ3) is 2.57. The van der Waals surface area contributed by atoms with E-state index in [-0.39, 0.29) is 0 Å². The first-order valence-corrected chi connectivity index (χ1v) is 7.20. The van der Waals surface area contributed by atoms with Crippen molar-refractivity contribution in [1.29, 1.82) is 0 Å². The average molecular weight is 207 g/mol. The van der Waals surface area contributed by atoms with Gasteiger partial charge in [0.05, 0.1) is 0 Å². The van der Waals surface area contributed by atoms with Gasteiger partial charge >= 0.3 is 0 Å². The third-order valence-electron chi connectivity index (χ3n) is 4.66. The lowest BCUT2D eigenvalue weighted by Crippen LogP contribution is -2.18. The van der Waals surface area contributed by atoms with E-state index in [1.54, 1.807) is 12.8 Å². The van der Waals surface area contributed by atoms with Crippen molar-refractivity contribution in [2.75, 3.05) is 0 Å². The van der Waals surface area contributed by atoms with Crippen molar-refractivity contribution in [1.82, 2.24) is 0 Å². The highest BCUT2D eigenvalue weighted by molar-refractivity contribution is 5.11. The molecule has 15 heavy (non-hydrogen) atoms. The average Bonchev–Trinajstić information content (AvgIpc) is 2.85. The largest absolute Gasteiger partial charge is 0.0654 e. The summed E-state index contributed by atoms with van der Waals surface area (Å²) in [5, 5.41) is 0. The Balaban J connectivity index is 1.86. The van der Waals surface area contributed by atoms with Gasteiger partial charge in [-0.15, -0.1) is 0 Å². The number of unbranched alkanes of at least 4 members (excludes halogenated alkanes) is 1. The molecule has 0 aromatic heterocycles. The second-order valence-corrected chi connectivity index (χ2v) is 5.78. The zero-order valence-electron chi connectivity index (χ0n) is 10.6. The van der Waals surface area contributed by atoms with Gasteiger partial charge < -0.3 is 0 Å². The fourth-order valence-electron chi connectivity index (χ4n) is 3.91. The zero-order chi connectivity index (χ0) is 10.7. The molecule has 2 bridgehead atoms. The van der Waals surface area contributed by atoms with Crippen molar-refractivity contribution in [3.63, 3.8) is 0 Å². The van der Waals surface area contributed by atoms with Crippen LogP contribution in [0, 0.1) is 23.7 Å². The standard InChI is InChI=1S/C15H27/c1-3-5-7-13(6-4-2)15-11-12-8-9-14(15)10-12/h12-14H,3-11H2,1-2H3. The van der Waals surface area contributed by atoms with Crippen molar-refractivity contribution in [2.24, 2.45) is 17.8 Å². The van der Waals surface area contributed by atoms with E-state index in [2.05, 4.69) is 13.8 Å². The summed E-state index contributed by atoms with van der Waals surface area (Å²) in [5.74, 6) is 5.17. The van der Waals surface area contributed by atoms with Gasteiger partial charge in [0.15, 0.2) is 0 Å². The zero-order valence-corrected chi connectivity index (χ0v) is 10.6. The summed E-state index contributed by atoms with van der Waals surface area (Å²) in [5.41, 5.74) is 0. The van der Waals surface area contributed by atoms with Crippen LogP contribution >= 0.6 is 0 Å². The Hall–Kier alpha value is 0. The minimum absolute atomic E-state index is 1.00. The van der Waals surface area contributed by atoms with E-state index in [1.165, 1.54) is 44.9 Å². The van der Waals surface area contributed by atoms with Gasteiger partial charge in [-0.1, -0.05) is 46.0 Å². The van der Waals surface area contributed by atoms with Gasteiger partial charge in [0, 0.05) is 0 Å². The van der Waals surface area contributed by atoms with Crippen molar-refractivity contribution in [3.8, 4) is 0 Å². The van der Waals surface area contributed by atoms with Gasteiger partial charge in [0.25, 0.3) is 0 Å². The Bertz CT molecular complexity index is 184. The van der Waals surface area contributed by atoms with E-state index in [1.807, 2.05) is 5.92 Å². The Morgan fingerprint density at radius 2 is 2.00 bits per heavy atom. The molecule has 0 heterocycles.